The van der Waals surface area contributed by atoms with Crippen molar-refractivity contribution in [1.29, 1.82) is 0 Å². The summed E-state index contributed by atoms with van der Waals surface area (Å²) >= 11 is 0. The van der Waals surface area contributed by atoms with Gasteiger partial charge in [-0.3, -0.25) is 9.67 Å². The highest BCUT2D eigenvalue weighted by atomic mass is 15.3. The number of pyridine rings is 1. The molecule has 0 amide bonds. The molecule has 0 fully saturated rings. The van der Waals surface area contributed by atoms with E-state index in [1.165, 1.54) is 0 Å². The molecule has 17 heavy (non-hydrogen) atoms. The van der Waals surface area contributed by atoms with Gasteiger partial charge in [-0.05, 0) is 30.5 Å². The van der Waals surface area contributed by atoms with Crippen LogP contribution in [0.3, 0.4) is 0 Å². The number of nitrogens with two attached hydrogens (primary N) is 1. The van der Waals surface area contributed by atoms with Crippen molar-refractivity contribution in [2.75, 3.05) is 5.73 Å². The first kappa shape index (κ1) is 11.6. The van der Waals surface area contributed by atoms with Crippen LogP contribution < -0.4 is 5.73 Å². The molecule has 0 saturated carbocycles. The van der Waals surface area contributed by atoms with E-state index in [0.717, 1.165) is 41.9 Å². The van der Waals surface area contributed by atoms with Gasteiger partial charge in [0.1, 0.15) is 5.82 Å². The molecule has 0 aliphatic carbocycles. The molecule has 0 spiro atoms. The third kappa shape index (κ3) is 2.30. The van der Waals surface area contributed by atoms with Gasteiger partial charge < -0.3 is 5.73 Å². The Morgan fingerprint density at radius 1 is 1.29 bits per heavy atom. The Balaban J connectivity index is 2.44. The Morgan fingerprint density at radius 2 is 2.00 bits per heavy atom. The monoisotopic (exact) mass is 230 g/mol. The number of aryl methyl sites for hydroxylation is 2. The summed E-state index contributed by atoms with van der Waals surface area (Å²) in [5.41, 5.74) is 9.32. The molecule has 2 heterocycles. The minimum Gasteiger partial charge on any atom is -0.383 e. The van der Waals surface area contributed by atoms with Crippen molar-refractivity contribution in [1.82, 2.24) is 14.8 Å². The minimum atomic E-state index is 0.724. The Bertz CT molecular complexity index is 488. The number of hydrogen-bond donors (Lipinski definition) is 1. The fourth-order valence-electron chi connectivity index (χ4n) is 1.95. The van der Waals surface area contributed by atoms with Crippen molar-refractivity contribution in [3.8, 4) is 11.1 Å². The van der Waals surface area contributed by atoms with E-state index in [4.69, 9.17) is 5.73 Å². The van der Waals surface area contributed by atoms with Gasteiger partial charge in [0.25, 0.3) is 0 Å². The van der Waals surface area contributed by atoms with E-state index in [9.17, 15) is 0 Å². The minimum absolute atomic E-state index is 0.724. The first-order chi connectivity index (χ1) is 8.24. The van der Waals surface area contributed by atoms with Crippen LogP contribution in [-0.4, -0.2) is 14.8 Å². The van der Waals surface area contributed by atoms with Gasteiger partial charge in [0.05, 0.1) is 5.69 Å². The lowest BCUT2D eigenvalue weighted by atomic mass is 10.0. The number of nitrogen functional groups attached to an aromatic ring is 1. The molecule has 0 aliphatic rings. The van der Waals surface area contributed by atoms with Crippen LogP contribution in [0.4, 0.5) is 5.82 Å². The Labute approximate surface area is 101 Å². The van der Waals surface area contributed by atoms with E-state index in [2.05, 4.69) is 17.0 Å². The lowest BCUT2D eigenvalue weighted by Gasteiger charge is -2.03. The molecule has 0 atom stereocenters. The zero-order valence-electron chi connectivity index (χ0n) is 10.3. The van der Waals surface area contributed by atoms with E-state index >= 15 is 0 Å². The van der Waals surface area contributed by atoms with Crippen molar-refractivity contribution < 1.29 is 0 Å². The molecule has 2 N–H and O–H groups in total. The molecule has 0 bridgehead atoms. The molecule has 0 aliphatic heterocycles. The first-order valence-electron chi connectivity index (χ1n) is 5.95. The van der Waals surface area contributed by atoms with Crippen molar-refractivity contribution in [2.45, 2.75) is 26.2 Å². The Morgan fingerprint density at radius 3 is 2.65 bits per heavy atom. The van der Waals surface area contributed by atoms with E-state index in [0.29, 0.717) is 0 Å². The SMILES string of the molecule is CCCCc1nn(C)c(N)c1-c1ccncc1. The first-order valence-corrected chi connectivity index (χ1v) is 5.95. The molecule has 0 saturated heterocycles. The maximum Gasteiger partial charge on any atom is 0.129 e. The normalized spacial score (nSPS) is 10.7. The number of aromatic nitrogens is 3. The summed E-state index contributed by atoms with van der Waals surface area (Å²) in [6.07, 6.45) is 6.83. The van der Waals surface area contributed by atoms with Gasteiger partial charge in [0, 0.05) is 25.0 Å². The number of rotatable bonds is 4. The standard InChI is InChI=1S/C13H18N4/c1-3-4-5-11-12(13(14)17(2)16-11)10-6-8-15-9-7-10/h6-9H,3-5,14H2,1-2H3. The molecule has 4 heteroatoms. The maximum absolute atomic E-state index is 6.09. The Kier molecular flexibility index (Phi) is 3.42. The van der Waals surface area contributed by atoms with Gasteiger partial charge in [-0.15, -0.1) is 0 Å². The molecular weight excluding hydrogens is 212 g/mol. The average molecular weight is 230 g/mol. The summed E-state index contributed by atoms with van der Waals surface area (Å²) in [6.45, 7) is 2.18. The van der Waals surface area contributed by atoms with E-state index < -0.39 is 0 Å². The highest BCUT2D eigenvalue weighted by Gasteiger charge is 2.14. The van der Waals surface area contributed by atoms with Crippen molar-refractivity contribution >= 4 is 5.82 Å². The lowest BCUT2D eigenvalue weighted by Crippen LogP contribution is -1.98. The summed E-state index contributed by atoms with van der Waals surface area (Å²) < 4.78 is 1.75. The van der Waals surface area contributed by atoms with E-state index in [-0.39, 0.29) is 0 Å². The maximum atomic E-state index is 6.09. The van der Waals surface area contributed by atoms with Gasteiger partial charge in [-0.25, -0.2) is 0 Å². The quantitative estimate of drug-likeness (QED) is 0.877. The van der Waals surface area contributed by atoms with Crippen LogP contribution in [0.2, 0.25) is 0 Å². The predicted molar refractivity (Wildman–Crippen MR) is 69.5 cm³/mol. The van der Waals surface area contributed by atoms with Gasteiger partial charge in [0.15, 0.2) is 0 Å². The van der Waals surface area contributed by atoms with Gasteiger partial charge in [-0.2, -0.15) is 5.10 Å². The summed E-state index contributed by atoms with van der Waals surface area (Å²) in [5, 5.41) is 4.50. The van der Waals surface area contributed by atoms with Crippen LogP contribution in [0, 0.1) is 0 Å². The molecule has 0 unspecified atom stereocenters. The summed E-state index contributed by atoms with van der Waals surface area (Å²) in [7, 11) is 1.88. The largest absolute Gasteiger partial charge is 0.383 e. The highest BCUT2D eigenvalue weighted by Crippen LogP contribution is 2.29. The number of hydrogen-bond acceptors (Lipinski definition) is 3. The third-order valence-electron chi connectivity index (χ3n) is 2.90. The fourth-order valence-corrected chi connectivity index (χ4v) is 1.95. The number of nitrogens with zero attached hydrogens (tertiary/aromatic N) is 3. The number of unbranched alkanes of at least 4 members (excludes halogenated alkanes) is 1. The second kappa shape index (κ2) is 4.99. The van der Waals surface area contributed by atoms with Crippen LogP contribution in [0.1, 0.15) is 25.5 Å². The molecule has 90 valence electrons. The van der Waals surface area contributed by atoms with Crippen LogP contribution in [0.5, 0.6) is 0 Å². The Hall–Kier alpha value is -1.84. The molecule has 4 nitrogen and oxygen atoms in total. The second-order valence-corrected chi connectivity index (χ2v) is 4.17. The molecule has 2 aromatic rings. The summed E-state index contributed by atoms with van der Waals surface area (Å²) in [6, 6.07) is 3.95. The van der Waals surface area contributed by atoms with Crippen molar-refractivity contribution in [3.63, 3.8) is 0 Å². The average Bonchev–Trinajstić information content (AvgIpc) is 2.64. The zero-order chi connectivity index (χ0) is 12.3. The molecule has 0 radical (unpaired) electrons. The topological polar surface area (TPSA) is 56.7 Å². The lowest BCUT2D eigenvalue weighted by molar-refractivity contribution is 0.718. The predicted octanol–water partition coefficient (Wildman–Crippen LogP) is 2.41. The van der Waals surface area contributed by atoms with Crippen LogP contribution in [0.15, 0.2) is 24.5 Å². The van der Waals surface area contributed by atoms with Crippen molar-refractivity contribution in [2.24, 2.45) is 7.05 Å². The zero-order valence-corrected chi connectivity index (χ0v) is 10.3. The van der Waals surface area contributed by atoms with E-state index in [1.54, 1.807) is 17.1 Å². The smallest absolute Gasteiger partial charge is 0.129 e. The van der Waals surface area contributed by atoms with Crippen LogP contribution in [-0.2, 0) is 13.5 Å². The van der Waals surface area contributed by atoms with Gasteiger partial charge in [-0.1, -0.05) is 13.3 Å². The van der Waals surface area contributed by atoms with Gasteiger partial charge in [0.2, 0.25) is 0 Å². The summed E-state index contributed by atoms with van der Waals surface area (Å²) in [5.74, 6) is 0.724. The molecule has 2 rings (SSSR count). The van der Waals surface area contributed by atoms with Crippen LogP contribution in [0.25, 0.3) is 11.1 Å². The molecule has 2 aromatic heterocycles. The molecule has 0 aromatic carbocycles. The second-order valence-electron chi connectivity index (χ2n) is 4.17. The third-order valence-corrected chi connectivity index (χ3v) is 2.90. The van der Waals surface area contributed by atoms with Crippen LogP contribution >= 0.6 is 0 Å². The van der Waals surface area contributed by atoms with E-state index in [1.807, 2.05) is 19.2 Å². The molecular formula is C13H18N4. The van der Waals surface area contributed by atoms with Gasteiger partial charge >= 0.3 is 0 Å². The summed E-state index contributed by atoms with van der Waals surface area (Å²) in [4.78, 5) is 4.03. The van der Waals surface area contributed by atoms with Crippen molar-refractivity contribution in [3.05, 3.63) is 30.2 Å². The number of anilines is 1. The fraction of sp³-hybridized carbons (Fsp3) is 0.385. The highest BCUT2D eigenvalue weighted by molar-refractivity contribution is 5.76.